The van der Waals surface area contributed by atoms with Crippen molar-refractivity contribution in [3.8, 4) is 11.4 Å². The smallest absolute Gasteiger partial charge is 0.206 e. The number of aromatic nitrogens is 5. The third-order valence-electron chi connectivity index (χ3n) is 3.29. The second-order valence-corrected chi connectivity index (χ2v) is 7.05. The van der Waals surface area contributed by atoms with Gasteiger partial charge in [0.15, 0.2) is 10.2 Å². The van der Waals surface area contributed by atoms with Crippen molar-refractivity contribution in [2.45, 2.75) is 9.37 Å². The summed E-state index contributed by atoms with van der Waals surface area (Å²) >= 11 is 2.99. The number of rotatable bonds is 4. The highest BCUT2D eigenvalue weighted by Gasteiger charge is 2.13. The summed E-state index contributed by atoms with van der Waals surface area (Å²) in [6.07, 6.45) is 3.50. The van der Waals surface area contributed by atoms with E-state index >= 15 is 0 Å². The minimum Gasteiger partial charge on any atom is -0.363 e. The van der Waals surface area contributed by atoms with Gasteiger partial charge in [0.05, 0.1) is 5.52 Å². The Morgan fingerprint density at radius 2 is 1.96 bits per heavy atom. The van der Waals surface area contributed by atoms with Gasteiger partial charge in [-0.15, -0.1) is 10.2 Å². The minimum absolute atomic E-state index is 0.655. The van der Waals surface area contributed by atoms with E-state index in [1.54, 1.807) is 12.4 Å². The Bertz CT molecular complexity index is 986. The fourth-order valence-electron chi connectivity index (χ4n) is 2.18. The molecule has 4 rings (SSSR count). The molecule has 0 atom stereocenters. The van der Waals surface area contributed by atoms with Gasteiger partial charge in [-0.1, -0.05) is 29.5 Å². The third-order valence-corrected chi connectivity index (χ3v) is 5.29. The van der Waals surface area contributed by atoms with Crippen LogP contribution in [0.15, 0.2) is 58.2 Å². The van der Waals surface area contributed by atoms with Crippen molar-refractivity contribution in [3.05, 3.63) is 48.8 Å². The Hall–Kier alpha value is -2.58. The summed E-state index contributed by atoms with van der Waals surface area (Å²) in [4.78, 5) is 13.5. The van der Waals surface area contributed by atoms with Crippen LogP contribution in [0.3, 0.4) is 0 Å². The van der Waals surface area contributed by atoms with E-state index in [0.717, 1.165) is 31.0 Å². The number of para-hydroxylation sites is 1. The van der Waals surface area contributed by atoms with Gasteiger partial charge in [-0.2, -0.15) is 0 Å². The van der Waals surface area contributed by atoms with E-state index in [2.05, 4.69) is 25.5 Å². The molecule has 0 radical (unpaired) electrons. The van der Waals surface area contributed by atoms with Crippen LogP contribution in [-0.4, -0.2) is 32.2 Å². The predicted octanol–water partition coefficient (Wildman–Crippen LogP) is 3.74. The van der Waals surface area contributed by atoms with Crippen LogP contribution in [-0.2, 0) is 0 Å². The van der Waals surface area contributed by atoms with Crippen molar-refractivity contribution in [1.29, 1.82) is 0 Å². The standard InChI is InChI=1S/C16H12N6S2/c1-17-15-21-22-16(24-15)23-14-11-6-2-3-7-12(11)19-13(20-14)10-5-4-8-18-9-10/h2-9H,1H3,(H,17,21). The highest BCUT2D eigenvalue weighted by atomic mass is 32.2. The van der Waals surface area contributed by atoms with Crippen LogP contribution in [0.25, 0.3) is 22.3 Å². The molecular weight excluding hydrogens is 340 g/mol. The van der Waals surface area contributed by atoms with Crippen molar-refractivity contribution in [1.82, 2.24) is 25.1 Å². The molecule has 0 aliphatic rings. The number of nitrogens with zero attached hydrogens (tertiary/aromatic N) is 5. The van der Waals surface area contributed by atoms with Crippen molar-refractivity contribution >= 4 is 39.1 Å². The number of hydrogen-bond acceptors (Lipinski definition) is 8. The lowest BCUT2D eigenvalue weighted by atomic mass is 10.2. The summed E-state index contributed by atoms with van der Waals surface area (Å²) < 4.78 is 0.834. The van der Waals surface area contributed by atoms with Crippen LogP contribution in [0.5, 0.6) is 0 Å². The van der Waals surface area contributed by atoms with Crippen LogP contribution < -0.4 is 5.32 Å². The normalized spacial score (nSPS) is 10.9. The summed E-state index contributed by atoms with van der Waals surface area (Å²) in [7, 11) is 1.83. The zero-order valence-electron chi connectivity index (χ0n) is 12.7. The zero-order valence-corrected chi connectivity index (χ0v) is 14.3. The maximum atomic E-state index is 4.73. The van der Waals surface area contributed by atoms with E-state index in [1.165, 1.54) is 23.1 Å². The van der Waals surface area contributed by atoms with Gasteiger partial charge in [0, 0.05) is 30.4 Å². The molecule has 6 nitrogen and oxygen atoms in total. The summed E-state index contributed by atoms with van der Waals surface area (Å²) in [6.45, 7) is 0. The van der Waals surface area contributed by atoms with E-state index in [9.17, 15) is 0 Å². The van der Waals surface area contributed by atoms with E-state index in [-0.39, 0.29) is 0 Å². The molecule has 0 unspecified atom stereocenters. The molecule has 3 aromatic heterocycles. The zero-order chi connectivity index (χ0) is 16.4. The first kappa shape index (κ1) is 15.0. The van der Waals surface area contributed by atoms with Gasteiger partial charge in [0.2, 0.25) is 5.13 Å². The topological polar surface area (TPSA) is 76.5 Å². The monoisotopic (exact) mass is 352 g/mol. The molecule has 8 heteroatoms. The Labute approximate surface area is 146 Å². The van der Waals surface area contributed by atoms with Crippen molar-refractivity contribution in [2.24, 2.45) is 0 Å². The lowest BCUT2D eigenvalue weighted by Gasteiger charge is -2.06. The van der Waals surface area contributed by atoms with Crippen molar-refractivity contribution in [2.75, 3.05) is 12.4 Å². The van der Waals surface area contributed by atoms with E-state index in [1.807, 2.05) is 43.4 Å². The molecule has 0 fully saturated rings. The molecule has 118 valence electrons. The number of anilines is 1. The van der Waals surface area contributed by atoms with E-state index in [4.69, 9.17) is 4.98 Å². The molecule has 3 heterocycles. The van der Waals surface area contributed by atoms with Gasteiger partial charge in [-0.05, 0) is 30.0 Å². The van der Waals surface area contributed by atoms with E-state index < -0.39 is 0 Å². The highest BCUT2D eigenvalue weighted by Crippen LogP contribution is 2.35. The Morgan fingerprint density at radius 3 is 2.75 bits per heavy atom. The molecule has 4 aromatic rings. The number of benzene rings is 1. The second-order valence-electron chi connectivity index (χ2n) is 4.84. The summed E-state index contributed by atoms with van der Waals surface area (Å²) in [5.74, 6) is 0.655. The lowest BCUT2D eigenvalue weighted by molar-refractivity contribution is 1.01. The minimum atomic E-state index is 0.655. The van der Waals surface area contributed by atoms with Gasteiger partial charge in [-0.3, -0.25) is 4.98 Å². The first-order valence-corrected chi connectivity index (χ1v) is 8.83. The molecule has 1 N–H and O–H groups in total. The Kier molecular flexibility index (Phi) is 4.06. The van der Waals surface area contributed by atoms with Gasteiger partial charge in [0.25, 0.3) is 0 Å². The average Bonchev–Trinajstić information content (AvgIpc) is 3.10. The highest BCUT2D eigenvalue weighted by molar-refractivity contribution is 8.01. The quantitative estimate of drug-likeness (QED) is 0.561. The number of nitrogens with one attached hydrogen (secondary N) is 1. The van der Waals surface area contributed by atoms with Crippen LogP contribution in [0.2, 0.25) is 0 Å². The van der Waals surface area contributed by atoms with Crippen LogP contribution >= 0.6 is 23.1 Å². The summed E-state index contributed by atoms with van der Waals surface area (Å²) in [6, 6.07) is 11.8. The molecule has 1 aromatic carbocycles. The lowest BCUT2D eigenvalue weighted by Crippen LogP contribution is -1.94. The molecule has 24 heavy (non-hydrogen) atoms. The number of pyridine rings is 1. The number of hydrogen-bond donors (Lipinski definition) is 1. The first-order chi connectivity index (χ1) is 11.8. The molecular formula is C16H12N6S2. The first-order valence-electron chi connectivity index (χ1n) is 7.20. The summed E-state index contributed by atoms with van der Waals surface area (Å²) in [5.41, 5.74) is 1.78. The predicted molar refractivity (Wildman–Crippen MR) is 96.3 cm³/mol. The molecule has 0 amide bonds. The van der Waals surface area contributed by atoms with Crippen LogP contribution in [0.1, 0.15) is 0 Å². The molecule has 0 bridgehead atoms. The molecule has 0 spiro atoms. The van der Waals surface area contributed by atoms with Crippen LogP contribution in [0, 0.1) is 0 Å². The summed E-state index contributed by atoms with van der Waals surface area (Å²) in [5, 5.41) is 13.9. The van der Waals surface area contributed by atoms with Crippen molar-refractivity contribution in [3.63, 3.8) is 0 Å². The third kappa shape index (κ3) is 2.93. The Balaban J connectivity index is 1.83. The molecule has 0 aliphatic heterocycles. The van der Waals surface area contributed by atoms with Gasteiger partial charge in [0.1, 0.15) is 5.03 Å². The maximum Gasteiger partial charge on any atom is 0.206 e. The fourth-order valence-corrected chi connectivity index (χ4v) is 3.92. The molecule has 0 aliphatic carbocycles. The fraction of sp³-hybridized carbons (Fsp3) is 0.0625. The second kappa shape index (κ2) is 6.50. The Morgan fingerprint density at radius 1 is 1.04 bits per heavy atom. The number of fused-ring (bicyclic) bond motifs is 1. The van der Waals surface area contributed by atoms with Gasteiger partial charge in [-0.25, -0.2) is 9.97 Å². The van der Waals surface area contributed by atoms with Crippen molar-refractivity contribution < 1.29 is 0 Å². The van der Waals surface area contributed by atoms with E-state index in [0.29, 0.717) is 5.82 Å². The maximum absolute atomic E-state index is 4.73. The largest absolute Gasteiger partial charge is 0.363 e. The SMILES string of the molecule is CNc1nnc(Sc2nc(-c3cccnc3)nc3ccccc23)s1. The van der Waals surface area contributed by atoms with Gasteiger partial charge < -0.3 is 5.32 Å². The molecule has 0 saturated carbocycles. The van der Waals surface area contributed by atoms with Gasteiger partial charge >= 0.3 is 0 Å². The molecule has 0 saturated heterocycles. The van der Waals surface area contributed by atoms with Crippen LogP contribution in [0.4, 0.5) is 5.13 Å². The average molecular weight is 352 g/mol.